The molecule has 0 bridgehead atoms. The Kier molecular flexibility index (Phi) is 4.76. The van der Waals surface area contributed by atoms with Gasteiger partial charge in [0.25, 0.3) is 0 Å². The summed E-state index contributed by atoms with van der Waals surface area (Å²) in [4.78, 5) is 27.1. The quantitative estimate of drug-likeness (QED) is 0.867. The summed E-state index contributed by atoms with van der Waals surface area (Å²) in [5.41, 5.74) is 1.55. The first-order valence-electron chi connectivity index (χ1n) is 9.18. The second-order valence-electron chi connectivity index (χ2n) is 8.29. The van der Waals surface area contributed by atoms with Gasteiger partial charge < -0.3 is 15.3 Å². The molecule has 0 saturated carbocycles. The van der Waals surface area contributed by atoms with Crippen molar-refractivity contribution in [3.05, 3.63) is 29.3 Å². The predicted octanol–water partition coefficient (Wildman–Crippen LogP) is 2.78. The van der Waals surface area contributed by atoms with Crippen molar-refractivity contribution >= 4 is 11.8 Å². The van der Waals surface area contributed by atoms with Crippen LogP contribution in [0.5, 0.6) is 5.75 Å². The van der Waals surface area contributed by atoms with Crippen LogP contribution in [0.3, 0.4) is 0 Å². The molecule has 1 saturated heterocycles. The molecule has 0 aromatic heterocycles. The highest BCUT2D eigenvalue weighted by molar-refractivity contribution is 5.84. The average molecular weight is 344 g/mol. The number of carbonyl (C=O) groups excluding carboxylic acids is 2. The van der Waals surface area contributed by atoms with Crippen LogP contribution in [0.1, 0.15) is 57.2 Å². The molecule has 1 aromatic carbocycles. The minimum atomic E-state index is -0.416. The van der Waals surface area contributed by atoms with Gasteiger partial charge >= 0.3 is 0 Å². The van der Waals surface area contributed by atoms with Gasteiger partial charge in [-0.05, 0) is 42.9 Å². The summed E-state index contributed by atoms with van der Waals surface area (Å²) in [6, 6.07) is 5.45. The molecule has 1 fully saturated rings. The number of fused-ring (bicyclic) bond motifs is 1. The second-order valence-corrected chi connectivity index (χ2v) is 8.29. The van der Waals surface area contributed by atoms with Crippen LogP contribution in [0.25, 0.3) is 0 Å². The molecule has 2 atom stereocenters. The number of benzene rings is 1. The first-order valence-corrected chi connectivity index (χ1v) is 9.18. The number of carbonyl (C=O) groups is 2. The standard InChI is InChI=1S/C20H28N2O3/c1-20(2,3)19(25)22-11-5-6-13(12-22)18(24)21-16-10-9-15-14(16)7-4-8-17(15)23/h4,7-8,13,16,23H,5-6,9-12H2,1-3H3,(H,21,24)/t13-,16-/m1/s1. The van der Waals surface area contributed by atoms with E-state index in [4.69, 9.17) is 0 Å². The summed E-state index contributed by atoms with van der Waals surface area (Å²) < 4.78 is 0. The lowest BCUT2D eigenvalue weighted by atomic mass is 9.90. The van der Waals surface area contributed by atoms with E-state index in [0.717, 1.165) is 43.4 Å². The highest BCUT2D eigenvalue weighted by Crippen LogP contribution is 2.36. The Labute approximate surface area is 149 Å². The summed E-state index contributed by atoms with van der Waals surface area (Å²) in [7, 11) is 0. The molecule has 1 aliphatic heterocycles. The molecule has 1 aliphatic carbocycles. The molecule has 5 nitrogen and oxygen atoms in total. The van der Waals surface area contributed by atoms with E-state index >= 15 is 0 Å². The molecule has 1 aromatic rings. The van der Waals surface area contributed by atoms with Gasteiger partial charge in [0.15, 0.2) is 0 Å². The molecule has 136 valence electrons. The number of rotatable bonds is 2. The number of hydrogen-bond acceptors (Lipinski definition) is 3. The lowest BCUT2D eigenvalue weighted by Gasteiger charge is -2.36. The van der Waals surface area contributed by atoms with Gasteiger partial charge in [-0.3, -0.25) is 9.59 Å². The normalized spacial score (nSPS) is 23.2. The first-order chi connectivity index (χ1) is 11.8. The first kappa shape index (κ1) is 17.8. The molecule has 2 N–H and O–H groups in total. The molecule has 0 spiro atoms. The van der Waals surface area contributed by atoms with Crippen LogP contribution in [-0.4, -0.2) is 34.9 Å². The predicted molar refractivity (Wildman–Crippen MR) is 96.1 cm³/mol. The highest BCUT2D eigenvalue weighted by atomic mass is 16.3. The fourth-order valence-corrected chi connectivity index (χ4v) is 3.92. The van der Waals surface area contributed by atoms with E-state index in [1.54, 1.807) is 6.07 Å². The van der Waals surface area contributed by atoms with Crippen molar-refractivity contribution in [2.75, 3.05) is 13.1 Å². The van der Waals surface area contributed by atoms with Crippen molar-refractivity contribution in [3.8, 4) is 5.75 Å². The average Bonchev–Trinajstić information content (AvgIpc) is 2.98. The Morgan fingerprint density at radius 3 is 2.72 bits per heavy atom. The van der Waals surface area contributed by atoms with E-state index < -0.39 is 5.41 Å². The molecule has 2 amide bonds. The van der Waals surface area contributed by atoms with Crippen molar-refractivity contribution in [3.63, 3.8) is 0 Å². The molecule has 0 unspecified atom stereocenters. The van der Waals surface area contributed by atoms with Crippen LogP contribution in [0.4, 0.5) is 0 Å². The summed E-state index contributed by atoms with van der Waals surface area (Å²) in [6.45, 7) is 6.99. The number of hydrogen-bond donors (Lipinski definition) is 2. The largest absolute Gasteiger partial charge is 0.508 e. The molecule has 5 heteroatoms. The third-order valence-electron chi connectivity index (χ3n) is 5.28. The van der Waals surface area contributed by atoms with E-state index in [1.165, 1.54) is 0 Å². The SMILES string of the molecule is CC(C)(C)C(=O)N1CCC[C@@H](C(=O)N[C@@H]2CCc3c(O)cccc32)C1. The zero-order valence-corrected chi connectivity index (χ0v) is 15.3. The zero-order chi connectivity index (χ0) is 18.2. The van der Waals surface area contributed by atoms with Gasteiger partial charge in [0, 0.05) is 18.5 Å². The minimum absolute atomic E-state index is 0.0209. The van der Waals surface area contributed by atoms with E-state index in [2.05, 4.69) is 5.32 Å². The highest BCUT2D eigenvalue weighted by Gasteiger charge is 2.35. The maximum absolute atomic E-state index is 12.8. The van der Waals surface area contributed by atoms with Crippen molar-refractivity contribution in [1.82, 2.24) is 10.2 Å². The van der Waals surface area contributed by atoms with Crippen molar-refractivity contribution in [2.45, 2.75) is 52.5 Å². The van der Waals surface area contributed by atoms with Crippen LogP contribution >= 0.6 is 0 Å². The fraction of sp³-hybridized carbons (Fsp3) is 0.600. The zero-order valence-electron chi connectivity index (χ0n) is 15.3. The maximum atomic E-state index is 12.8. The van der Waals surface area contributed by atoms with Gasteiger partial charge in [0.2, 0.25) is 11.8 Å². The molecule has 2 aliphatic rings. The van der Waals surface area contributed by atoms with Gasteiger partial charge in [-0.1, -0.05) is 32.9 Å². The van der Waals surface area contributed by atoms with E-state index in [9.17, 15) is 14.7 Å². The van der Waals surface area contributed by atoms with Gasteiger partial charge in [0.1, 0.15) is 5.75 Å². The van der Waals surface area contributed by atoms with Crippen LogP contribution in [0, 0.1) is 11.3 Å². The molecule has 1 heterocycles. The minimum Gasteiger partial charge on any atom is -0.508 e. The number of phenols is 1. The molecular weight excluding hydrogens is 316 g/mol. The molecular formula is C20H28N2O3. The summed E-state index contributed by atoms with van der Waals surface area (Å²) in [5, 5.41) is 13.1. The van der Waals surface area contributed by atoms with Gasteiger partial charge in [-0.25, -0.2) is 0 Å². The number of likely N-dealkylation sites (tertiary alicyclic amines) is 1. The Balaban J connectivity index is 1.65. The Bertz CT molecular complexity index is 678. The van der Waals surface area contributed by atoms with Crippen molar-refractivity contribution in [2.24, 2.45) is 11.3 Å². The second kappa shape index (κ2) is 6.70. The third-order valence-corrected chi connectivity index (χ3v) is 5.28. The maximum Gasteiger partial charge on any atom is 0.227 e. The number of nitrogens with one attached hydrogen (secondary N) is 1. The molecule has 25 heavy (non-hydrogen) atoms. The lowest BCUT2D eigenvalue weighted by Crippen LogP contribution is -2.49. The Morgan fingerprint density at radius 1 is 1.24 bits per heavy atom. The summed E-state index contributed by atoms with van der Waals surface area (Å²) >= 11 is 0. The van der Waals surface area contributed by atoms with E-state index in [-0.39, 0.29) is 23.8 Å². The van der Waals surface area contributed by atoms with Gasteiger partial charge in [-0.2, -0.15) is 0 Å². The van der Waals surface area contributed by atoms with Crippen LogP contribution in [0.2, 0.25) is 0 Å². The van der Waals surface area contributed by atoms with Crippen LogP contribution in [0.15, 0.2) is 18.2 Å². The lowest BCUT2D eigenvalue weighted by molar-refractivity contribution is -0.142. The number of amides is 2. The van der Waals surface area contributed by atoms with Gasteiger partial charge in [0.05, 0.1) is 12.0 Å². The van der Waals surface area contributed by atoms with E-state index in [1.807, 2.05) is 37.8 Å². The number of piperidine rings is 1. The van der Waals surface area contributed by atoms with Crippen LogP contribution < -0.4 is 5.32 Å². The molecule has 3 rings (SSSR count). The van der Waals surface area contributed by atoms with Crippen LogP contribution in [-0.2, 0) is 16.0 Å². The van der Waals surface area contributed by atoms with Crippen molar-refractivity contribution in [1.29, 1.82) is 0 Å². The number of phenolic OH excluding ortho intramolecular Hbond substituents is 1. The summed E-state index contributed by atoms with van der Waals surface area (Å²) in [6.07, 6.45) is 3.28. The third kappa shape index (κ3) is 3.65. The topological polar surface area (TPSA) is 69.6 Å². The smallest absolute Gasteiger partial charge is 0.227 e. The summed E-state index contributed by atoms with van der Waals surface area (Å²) in [5.74, 6) is 0.295. The molecule has 0 radical (unpaired) electrons. The Hall–Kier alpha value is -2.04. The van der Waals surface area contributed by atoms with Gasteiger partial charge in [-0.15, -0.1) is 0 Å². The number of nitrogens with zero attached hydrogens (tertiary/aromatic N) is 1. The fourth-order valence-electron chi connectivity index (χ4n) is 3.92. The Morgan fingerprint density at radius 2 is 2.00 bits per heavy atom. The monoisotopic (exact) mass is 344 g/mol. The van der Waals surface area contributed by atoms with E-state index in [0.29, 0.717) is 12.3 Å². The van der Waals surface area contributed by atoms with Crippen molar-refractivity contribution < 1.29 is 14.7 Å². The number of aromatic hydroxyl groups is 1.